The first-order chi connectivity index (χ1) is 7.88. The molecule has 1 unspecified atom stereocenters. The molecule has 1 aromatic heterocycles. The molecule has 3 rings (SSSR count). The summed E-state index contributed by atoms with van der Waals surface area (Å²) in [7, 11) is 0. The molecule has 2 aliphatic rings. The fourth-order valence-corrected chi connectivity index (χ4v) is 2.34. The van der Waals surface area contributed by atoms with E-state index in [4.69, 9.17) is 9.47 Å². The molecule has 16 heavy (non-hydrogen) atoms. The molecule has 0 aliphatic carbocycles. The molecule has 2 aliphatic heterocycles. The van der Waals surface area contributed by atoms with Gasteiger partial charge in [-0.1, -0.05) is 6.07 Å². The van der Waals surface area contributed by atoms with Gasteiger partial charge in [0, 0.05) is 32.1 Å². The molecule has 0 amide bonds. The lowest BCUT2D eigenvalue weighted by Gasteiger charge is -2.32. The van der Waals surface area contributed by atoms with Crippen molar-refractivity contribution in [3.63, 3.8) is 0 Å². The first kappa shape index (κ1) is 10.2. The zero-order chi connectivity index (χ0) is 10.8. The van der Waals surface area contributed by atoms with Crippen LogP contribution in [-0.4, -0.2) is 30.5 Å². The van der Waals surface area contributed by atoms with Gasteiger partial charge in [-0.05, 0) is 12.1 Å². The Morgan fingerprint density at radius 1 is 1.31 bits per heavy atom. The molecule has 1 N–H and O–H groups in total. The summed E-state index contributed by atoms with van der Waals surface area (Å²) in [6.07, 6.45) is 3.65. The van der Waals surface area contributed by atoms with Crippen LogP contribution in [0.4, 0.5) is 0 Å². The number of hydrogen-bond acceptors (Lipinski definition) is 4. The Labute approximate surface area is 95.0 Å². The Morgan fingerprint density at radius 3 is 2.94 bits per heavy atom. The Kier molecular flexibility index (Phi) is 2.63. The van der Waals surface area contributed by atoms with E-state index in [2.05, 4.69) is 10.3 Å². The highest BCUT2D eigenvalue weighted by molar-refractivity contribution is 5.08. The normalized spacial score (nSPS) is 28.4. The highest BCUT2D eigenvalue weighted by Crippen LogP contribution is 2.37. The maximum atomic E-state index is 6.05. The van der Waals surface area contributed by atoms with Crippen molar-refractivity contribution in [1.29, 1.82) is 0 Å². The lowest BCUT2D eigenvalue weighted by Crippen LogP contribution is -2.42. The van der Waals surface area contributed by atoms with Crippen molar-refractivity contribution in [3.05, 3.63) is 30.1 Å². The van der Waals surface area contributed by atoms with Gasteiger partial charge in [0.15, 0.2) is 5.79 Å². The fourth-order valence-electron chi connectivity index (χ4n) is 2.34. The van der Waals surface area contributed by atoms with Gasteiger partial charge in [0.1, 0.15) is 6.10 Å². The van der Waals surface area contributed by atoms with Crippen LogP contribution >= 0.6 is 0 Å². The van der Waals surface area contributed by atoms with Crippen LogP contribution in [0.2, 0.25) is 0 Å². The molecule has 1 atom stereocenters. The number of nitrogens with zero attached hydrogens (tertiary/aromatic N) is 1. The third kappa shape index (κ3) is 1.84. The van der Waals surface area contributed by atoms with E-state index in [0.29, 0.717) is 6.61 Å². The van der Waals surface area contributed by atoms with Gasteiger partial charge in [-0.15, -0.1) is 0 Å². The molecular formula is C12H16N2O2. The lowest BCUT2D eigenvalue weighted by atomic mass is 10.1. The highest BCUT2D eigenvalue weighted by atomic mass is 16.7. The zero-order valence-electron chi connectivity index (χ0n) is 9.19. The third-order valence-electron chi connectivity index (χ3n) is 3.24. The first-order valence-corrected chi connectivity index (χ1v) is 5.81. The summed E-state index contributed by atoms with van der Waals surface area (Å²) in [5, 5.41) is 3.31. The van der Waals surface area contributed by atoms with Crippen LogP contribution in [0.1, 0.15) is 24.6 Å². The van der Waals surface area contributed by atoms with Crippen molar-refractivity contribution in [2.45, 2.75) is 24.7 Å². The number of piperidine rings is 1. The number of rotatable bonds is 1. The Balaban J connectivity index is 1.73. The van der Waals surface area contributed by atoms with Gasteiger partial charge in [0.2, 0.25) is 0 Å². The van der Waals surface area contributed by atoms with Gasteiger partial charge in [-0.25, -0.2) is 0 Å². The molecule has 0 saturated carbocycles. The summed E-state index contributed by atoms with van der Waals surface area (Å²) in [6.45, 7) is 2.56. The second-order valence-corrected chi connectivity index (χ2v) is 4.33. The van der Waals surface area contributed by atoms with Gasteiger partial charge in [0.05, 0.1) is 12.3 Å². The Hall–Kier alpha value is -0.970. The number of aromatic nitrogens is 1. The number of nitrogens with one attached hydrogen (secondary N) is 1. The summed E-state index contributed by atoms with van der Waals surface area (Å²) in [6, 6.07) is 5.90. The number of pyridine rings is 1. The van der Waals surface area contributed by atoms with Crippen LogP contribution in [0.15, 0.2) is 24.4 Å². The van der Waals surface area contributed by atoms with Crippen LogP contribution in [-0.2, 0) is 9.47 Å². The second kappa shape index (κ2) is 4.13. The van der Waals surface area contributed by atoms with Crippen molar-refractivity contribution < 1.29 is 9.47 Å². The van der Waals surface area contributed by atoms with Gasteiger partial charge >= 0.3 is 0 Å². The quantitative estimate of drug-likeness (QED) is 0.773. The Morgan fingerprint density at radius 2 is 2.19 bits per heavy atom. The molecule has 1 spiro atoms. The molecule has 1 aromatic rings. The first-order valence-electron chi connectivity index (χ1n) is 5.81. The molecular weight excluding hydrogens is 204 g/mol. The average Bonchev–Trinajstić information content (AvgIpc) is 2.75. The van der Waals surface area contributed by atoms with E-state index in [1.807, 2.05) is 18.2 Å². The fraction of sp³-hybridized carbons (Fsp3) is 0.583. The topological polar surface area (TPSA) is 43.4 Å². The Bertz CT molecular complexity index is 349. The van der Waals surface area contributed by atoms with Gasteiger partial charge in [0.25, 0.3) is 0 Å². The zero-order valence-corrected chi connectivity index (χ0v) is 9.19. The van der Waals surface area contributed by atoms with Crippen molar-refractivity contribution in [1.82, 2.24) is 10.3 Å². The summed E-state index contributed by atoms with van der Waals surface area (Å²) in [4.78, 5) is 4.32. The predicted molar refractivity (Wildman–Crippen MR) is 58.8 cm³/mol. The average molecular weight is 220 g/mol. The van der Waals surface area contributed by atoms with Gasteiger partial charge < -0.3 is 14.8 Å². The molecule has 0 bridgehead atoms. The molecule has 2 fully saturated rings. The number of hydrogen-bond donors (Lipinski definition) is 1. The van der Waals surface area contributed by atoms with E-state index in [0.717, 1.165) is 31.6 Å². The maximum absolute atomic E-state index is 6.05. The van der Waals surface area contributed by atoms with Crippen LogP contribution in [0.5, 0.6) is 0 Å². The maximum Gasteiger partial charge on any atom is 0.171 e. The van der Waals surface area contributed by atoms with E-state index in [1.165, 1.54) is 0 Å². The standard InChI is InChI=1S/C12H16N2O2/c1-2-6-14-10(3-1)11-9-15-12(16-11)4-7-13-8-5-12/h1-3,6,11,13H,4-5,7-9H2. The third-order valence-corrected chi connectivity index (χ3v) is 3.24. The molecule has 4 heteroatoms. The molecule has 0 radical (unpaired) electrons. The molecule has 3 heterocycles. The molecule has 2 saturated heterocycles. The lowest BCUT2D eigenvalue weighted by molar-refractivity contribution is -0.184. The minimum atomic E-state index is -0.354. The smallest absolute Gasteiger partial charge is 0.171 e. The minimum Gasteiger partial charge on any atom is -0.347 e. The minimum absolute atomic E-state index is 0.000648. The van der Waals surface area contributed by atoms with Crippen LogP contribution in [0.25, 0.3) is 0 Å². The van der Waals surface area contributed by atoms with Crippen molar-refractivity contribution in [3.8, 4) is 0 Å². The van der Waals surface area contributed by atoms with Gasteiger partial charge in [-0.2, -0.15) is 0 Å². The number of ether oxygens (including phenoxy) is 2. The predicted octanol–water partition coefficient (Wildman–Crippen LogP) is 1.25. The van der Waals surface area contributed by atoms with Crippen molar-refractivity contribution >= 4 is 0 Å². The summed E-state index contributed by atoms with van der Waals surface area (Å²) < 4.78 is 11.9. The van der Waals surface area contributed by atoms with E-state index in [1.54, 1.807) is 6.20 Å². The van der Waals surface area contributed by atoms with Crippen LogP contribution in [0, 0.1) is 0 Å². The van der Waals surface area contributed by atoms with E-state index < -0.39 is 0 Å². The van der Waals surface area contributed by atoms with E-state index in [9.17, 15) is 0 Å². The van der Waals surface area contributed by atoms with E-state index in [-0.39, 0.29) is 11.9 Å². The molecule has 4 nitrogen and oxygen atoms in total. The van der Waals surface area contributed by atoms with Crippen LogP contribution < -0.4 is 5.32 Å². The summed E-state index contributed by atoms with van der Waals surface area (Å²) >= 11 is 0. The SMILES string of the molecule is c1ccc(C2COC3(CCNCC3)O2)nc1. The van der Waals surface area contributed by atoms with Crippen molar-refractivity contribution in [2.75, 3.05) is 19.7 Å². The van der Waals surface area contributed by atoms with E-state index >= 15 is 0 Å². The summed E-state index contributed by atoms with van der Waals surface area (Å²) in [5.74, 6) is -0.354. The monoisotopic (exact) mass is 220 g/mol. The largest absolute Gasteiger partial charge is 0.347 e. The molecule has 0 aromatic carbocycles. The molecule has 86 valence electrons. The summed E-state index contributed by atoms with van der Waals surface area (Å²) in [5.41, 5.74) is 0.970. The van der Waals surface area contributed by atoms with Crippen molar-refractivity contribution in [2.24, 2.45) is 0 Å². The highest BCUT2D eigenvalue weighted by Gasteiger charge is 2.43. The van der Waals surface area contributed by atoms with Gasteiger partial charge in [-0.3, -0.25) is 4.98 Å². The second-order valence-electron chi connectivity index (χ2n) is 4.33. The van der Waals surface area contributed by atoms with Crippen LogP contribution in [0.3, 0.4) is 0 Å².